The maximum Gasteiger partial charge on any atom is 0.323 e. The van der Waals surface area contributed by atoms with E-state index in [1.807, 2.05) is 13.8 Å². The number of phenols is 2. The van der Waals surface area contributed by atoms with Gasteiger partial charge in [-0.3, -0.25) is 10.1 Å². The number of rotatable bonds is 5. The SMILES string of the molecule is COC(=O)C(NCc1ccc(O)cc1O)C(C)C. The van der Waals surface area contributed by atoms with Crippen molar-refractivity contribution < 1.29 is 19.7 Å². The minimum atomic E-state index is -0.428. The van der Waals surface area contributed by atoms with Crippen molar-refractivity contribution in [3.8, 4) is 11.5 Å². The summed E-state index contributed by atoms with van der Waals surface area (Å²) in [5, 5.41) is 21.8. The van der Waals surface area contributed by atoms with Crippen molar-refractivity contribution in [2.24, 2.45) is 5.92 Å². The molecular weight excluding hydrogens is 234 g/mol. The summed E-state index contributed by atoms with van der Waals surface area (Å²) in [4.78, 5) is 11.5. The number of aromatic hydroxyl groups is 2. The van der Waals surface area contributed by atoms with E-state index < -0.39 is 6.04 Å². The van der Waals surface area contributed by atoms with Crippen LogP contribution in [0.25, 0.3) is 0 Å². The van der Waals surface area contributed by atoms with Crippen molar-refractivity contribution in [3.63, 3.8) is 0 Å². The number of nitrogens with one attached hydrogen (secondary N) is 1. The minimum absolute atomic E-state index is 0.00428. The van der Waals surface area contributed by atoms with Gasteiger partial charge in [0.2, 0.25) is 0 Å². The molecule has 1 aromatic carbocycles. The van der Waals surface area contributed by atoms with Gasteiger partial charge in [0, 0.05) is 18.2 Å². The number of hydrogen-bond donors (Lipinski definition) is 3. The van der Waals surface area contributed by atoms with Crippen molar-refractivity contribution in [1.29, 1.82) is 0 Å². The molecule has 100 valence electrons. The minimum Gasteiger partial charge on any atom is -0.508 e. The predicted octanol–water partition coefficient (Wildman–Crippen LogP) is 1.38. The van der Waals surface area contributed by atoms with Crippen molar-refractivity contribution >= 4 is 5.97 Å². The molecule has 1 rings (SSSR count). The smallest absolute Gasteiger partial charge is 0.323 e. The highest BCUT2D eigenvalue weighted by Crippen LogP contribution is 2.22. The van der Waals surface area contributed by atoms with E-state index >= 15 is 0 Å². The third-order valence-electron chi connectivity index (χ3n) is 2.70. The Balaban J connectivity index is 2.70. The molecule has 1 atom stereocenters. The molecule has 18 heavy (non-hydrogen) atoms. The van der Waals surface area contributed by atoms with Gasteiger partial charge in [0.05, 0.1) is 7.11 Å². The second-order valence-electron chi connectivity index (χ2n) is 4.44. The summed E-state index contributed by atoms with van der Waals surface area (Å²) in [5.41, 5.74) is 0.613. The number of hydrogen-bond acceptors (Lipinski definition) is 5. The summed E-state index contributed by atoms with van der Waals surface area (Å²) < 4.78 is 4.71. The van der Waals surface area contributed by atoms with Crippen LogP contribution >= 0.6 is 0 Å². The van der Waals surface area contributed by atoms with Crippen molar-refractivity contribution in [3.05, 3.63) is 23.8 Å². The van der Waals surface area contributed by atoms with E-state index in [0.717, 1.165) is 0 Å². The molecule has 0 amide bonds. The van der Waals surface area contributed by atoms with Crippen LogP contribution in [-0.4, -0.2) is 29.3 Å². The number of ether oxygens (including phenoxy) is 1. The van der Waals surface area contributed by atoms with Gasteiger partial charge in [0.15, 0.2) is 0 Å². The van der Waals surface area contributed by atoms with E-state index in [1.54, 1.807) is 6.07 Å². The molecule has 0 heterocycles. The van der Waals surface area contributed by atoms with Gasteiger partial charge in [0.25, 0.3) is 0 Å². The van der Waals surface area contributed by atoms with E-state index in [2.05, 4.69) is 5.32 Å². The van der Waals surface area contributed by atoms with Crippen LogP contribution in [0.1, 0.15) is 19.4 Å². The van der Waals surface area contributed by atoms with Crippen molar-refractivity contribution in [2.75, 3.05) is 7.11 Å². The molecule has 0 radical (unpaired) electrons. The zero-order chi connectivity index (χ0) is 13.7. The maximum atomic E-state index is 11.5. The fourth-order valence-corrected chi connectivity index (χ4v) is 1.64. The van der Waals surface area contributed by atoms with Gasteiger partial charge in [-0.2, -0.15) is 0 Å². The van der Waals surface area contributed by atoms with Crippen LogP contribution in [0.4, 0.5) is 0 Å². The lowest BCUT2D eigenvalue weighted by atomic mass is 10.0. The molecule has 0 bridgehead atoms. The van der Waals surface area contributed by atoms with Crippen LogP contribution in [-0.2, 0) is 16.1 Å². The molecule has 0 saturated heterocycles. The average molecular weight is 253 g/mol. The molecule has 0 aliphatic carbocycles. The number of methoxy groups -OCH3 is 1. The fraction of sp³-hybridized carbons (Fsp3) is 0.462. The number of phenolic OH excluding ortho intramolecular Hbond substituents is 2. The van der Waals surface area contributed by atoms with Gasteiger partial charge in [-0.05, 0) is 12.0 Å². The summed E-state index contributed by atoms with van der Waals surface area (Å²) in [7, 11) is 1.34. The topological polar surface area (TPSA) is 78.8 Å². The summed E-state index contributed by atoms with van der Waals surface area (Å²) in [6, 6.07) is 3.92. The number of carbonyl (C=O) groups is 1. The normalized spacial score (nSPS) is 12.4. The zero-order valence-corrected chi connectivity index (χ0v) is 10.8. The Hall–Kier alpha value is -1.75. The summed E-state index contributed by atoms with van der Waals surface area (Å²) >= 11 is 0. The molecule has 1 unspecified atom stereocenters. The molecular formula is C13H19NO4. The molecule has 0 aromatic heterocycles. The first-order valence-corrected chi connectivity index (χ1v) is 5.77. The molecule has 5 heteroatoms. The Morgan fingerprint density at radius 3 is 2.56 bits per heavy atom. The van der Waals surface area contributed by atoms with E-state index in [-0.39, 0.29) is 23.4 Å². The monoisotopic (exact) mass is 253 g/mol. The highest BCUT2D eigenvalue weighted by molar-refractivity contribution is 5.75. The Bertz CT molecular complexity index is 417. The van der Waals surface area contributed by atoms with Gasteiger partial charge >= 0.3 is 5.97 Å². The van der Waals surface area contributed by atoms with Crippen LogP contribution in [0.2, 0.25) is 0 Å². The van der Waals surface area contributed by atoms with Crippen LogP contribution in [0.15, 0.2) is 18.2 Å². The Morgan fingerprint density at radius 1 is 1.39 bits per heavy atom. The number of esters is 1. The highest BCUT2D eigenvalue weighted by Gasteiger charge is 2.22. The first-order chi connectivity index (χ1) is 8.45. The van der Waals surface area contributed by atoms with E-state index in [9.17, 15) is 15.0 Å². The molecule has 0 spiro atoms. The Labute approximate surface area is 106 Å². The molecule has 0 aliphatic heterocycles. The van der Waals surface area contributed by atoms with Crippen LogP contribution < -0.4 is 5.32 Å². The third-order valence-corrected chi connectivity index (χ3v) is 2.70. The molecule has 0 saturated carbocycles. The largest absolute Gasteiger partial charge is 0.508 e. The standard InChI is InChI=1S/C13H19NO4/c1-8(2)12(13(17)18-3)14-7-9-4-5-10(15)6-11(9)16/h4-6,8,12,14-16H,7H2,1-3H3. The quantitative estimate of drug-likeness (QED) is 0.691. The summed E-state index contributed by atoms with van der Waals surface area (Å²) in [6.45, 7) is 4.14. The van der Waals surface area contributed by atoms with Crippen molar-refractivity contribution in [1.82, 2.24) is 5.32 Å². The second-order valence-corrected chi connectivity index (χ2v) is 4.44. The van der Waals surface area contributed by atoms with Gasteiger partial charge in [-0.25, -0.2) is 0 Å². The Kier molecular flexibility index (Phi) is 4.97. The first kappa shape index (κ1) is 14.3. The maximum absolute atomic E-state index is 11.5. The molecule has 0 fully saturated rings. The third kappa shape index (κ3) is 3.63. The number of carbonyl (C=O) groups excluding carboxylic acids is 1. The lowest BCUT2D eigenvalue weighted by Gasteiger charge is -2.20. The molecule has 0 aliphatic rings. The van der Waals surface area contributed by atoms with Crippen LogP contribution in [0.5, 0.6) is 11.5 Å². The predicted molar refractivity (Wildman–Crippen MR) is 67.3 cm³/mol. The van der Waals surface area contributed by atoms with E-state index in [1.165, 1.54) is 19.2 Å². The first-order valence-electron chi connectivity index (χ1n) is 5.77. The lowest BCUT2D eigenvalue weighted by molar-refractivity contribution is -0.144. The highest BCUT2D eigenvalue weighted by atomic mass is 16.5. The lowest BCUT2D eigenvalue weighted by Crippen LogP contribution is -2.41. The average Bonchev–Trinajstić information content (AvgIpc) is 2.31. The van der Waals surface area contributed by atoms with E-state index in [0.29, 0.717) is 12.1 Å². The zero-order valence-electron chi connectivity index (χ0n) is 10.8. The Morgan fingerprint density at radius 2 is 2.06 bits per heavy atom. The van der Waals surface area contributed by atoms with Gasteiger partial charge in [-0.1, -0.05) is 19.9 Å². The summed E-state index contributed by atoms with van der Waals surface area (Å²) in [5.74, 6) is -0.250. The van der Waals surface area contributed by atoms with Gasteiger partial charge in [-0.15, -0.1) is 0 Å². The number of benzene rings is 1. The van der Waals surface area contributed by atoms with Crippen molar-refractivity contribution in [2.45, 2.75) is 26.4 Å². The summed E-state index contributed by atoms with van der Waals surface area (Å²) in [6.07, 6.45) is 0. The second kappa shape index (κ2) is 6.26. The van der Waals surface area contributed by atoms with Crippen LogP contribution in [0.3, 0.4) is 0 Å². The van der Waals surface area contributed by atoms with Crippen LogP contribution in [0, 0.1) is 5.92 Å². The van der Waals surface area contributed by atoms with Gasteiger partial charge in [0.1, 0.15) is 17.5 Å². The molecule has 1 aromatic rings. The molecule has 5 nitrogen and oxygen atoms in total. The molecule has 3 N–H and O–H groups in total. The van der Waals surface area contributed by atoms with Gasteiger partial charge < -0.3 is 14.9 Å². The van der Waals surface area contributed by atoms with E-state index in [4.69, 9.17) is 4.74 Å². The fourth-order valence-electron chi connectivity index (χ4n) is 1.64.